The predicted octanol–water partition coefficient (Wildman–Crippen LogP) is 0.254. The number of aromatic nitrogens is 2. The number of hydrogen-bond acceptors (Lipinski definition) is 6. The number of imidazole rings is 1. The molecule has 9 heteroatoms. The van der Waals surface area contributed by atoms with Gasteiger partial charge in [0.1, 0.15) is 5.75 Å². The number of nitrogens with zero attached hydrogens (tertiary/aromatic N) is 3. The summed E-state index contributed by atoms with van der Waals surface area (Å²) in [6.07, 6.45) is 6.56. The number of carbonyl (C=O) groups is 1. The van der Waals surface area contributed by atoms with Crippen LogP contribution in [0, 0.1) is 5.92 Å². The van der Waals surface area contributed by atoms with Crippen molar-refractivity contribution in [3.8, 4) is 0 Å². The number of fused-ring (bicyclic) bond motifs is 1. The summed E-state index contributed by atoms with van der Waals surface area (Å²) in [6.45, 7) is 3.55. The summed E-state index contributed by atoms with van der Waals surface area (Å²) in [5.74, 6) is -0.316. The molecule has 0 saturated carbocycles. The van der Waals surface area contributed by atoms with Crippen molar-refractivity contribution in [3.05, 3.63) is 18.2 Å². The third kappa shape index (κ3) is 5.02. The van der Waals surface area contributed by atoms with E-state index in [2.05, 4.69) is 4.98 Å². The van der Waals surface area contributed by atoms with Crippen molar-refractivity contribution in [2.45, 2.75) is 25.4 Å². The molecular formula is C16H25N3O5S. The van der Waals surface area contributed by atoms with Crippen LogP contribution in [-0.2, 0) is 30.7 Å². The van der Waals surface area contributed by atoms with Gasteiger partial charge in [0.05, 0.1) is 31.2 Å². The molecule has 2 aliphatic rings. The van der Waals surface area contributed by atoms with E-state index < -0.39 is 15.6 Å². The highest BCUT2D eigenvalue weighted by molar-refractivity contribution is 7.91. The first kappa shape index (κ1) is 18.3. The van der Waals surface area contributed by atoms with Gasteiger partial charge in [0.25, 0.3) is 0 Å². The first-order valence-corrected chi connectivity index (χ1v) is 10.6. The molecule has 0 aliphatic carbocycles. The summed E-state index contributed by atoms with van der Waals surface area (Å²) >= 11 is 0. The summed E-state index contributed by atoms with van der Waals surface area (Å²) in [5, 5.41) is 0. The van der Waals surface area contributed by atoms with Gasteiger partial charge in [-0.3, -0.25) is 4.79 Å². The Morgan fingerprint density at radius 3 is 2.84 bits per heavy atom. The monoisotopic (exact) mass is 371 g/mol. The summed E-state index contributed by atoms with van der Waals surface area (Å²) in [5.41, 5.74) is 0.896. The van der Waals surface area contributed by atoms with Crippen LogP contribution in [0.25, 0.3) is 0 Å². The molecule has 1 saturated heterocycles. The number of carbonyl (C=O) groups excluding carboxylic acids is 1. The van der Waals surface area contributed by atoms with Crippen molar-refractivity contribution in [3.63, 3.8) is 0 Å². The Labute approximate surface area is 148 Å². The standard InChI is InChI=1S/C16H25N3O5S/c1-25(21,22)11-16(20)18-7-14-6-17-12-19(14)15(8-18)10-24-9-13-2-4-23-5-3-13/h6,12-13,15H,2-5,7-11H2,1H3/t15-/m1/s1. The molecule has 140 valence electrons. The van der Waals surface area contributed by atoms with Crippen molar-refractivity contribution >= 4 is 15.7 Å². The fourth-order valence-electron chi connectivity index (χ4n) is 3.31. The summed E-state index contributed by atoms with van der Waals surface area (Å²) in [6, 6.07) is -0.0467. The Balaban J connectivity index is 1.59. The van der Waals surface area contributed by atoms with Crippen LogP contribution in [0.1, 0.15) is 24.6 Å². The molecule has 0 spiro atoms. The van der Waals surface area contributed by atoms with Crippen LogP contribution in [-0.4, -0.2) is 73.8 Å². The fraction of sp³-hybridized carbons (Fsp3) is 0.750. The third-order valence-electron chi connectivity index (χ3n) is 4.67. The molecule has 25 heavy (non-hydrogen) atoms. The van der Waals surface area contributed by atoms with Crippen molar-refractivity contribution in [1.82, 2.24) is 14.5 Å². The van der Waals surface area contributed by atoms with Crippen LogP contribution in [0.3, 0.4) is 0 Å². The SMILES string of the molecule is CS(=O)(=O)CC(=O)N1Cc2cncn2[C@@H](COCC2CCOCC2)C1. The van der Waals surface area contributed by atoms with Gasteiger partial charge in [0.15, 0.2) is 9.84 Å². The molecule has 1 aromatic heterocycles. The lowest BCUT2D eigenvalue weighted by atomic mass is 10.0. The fourth-order valence-corrected chi connectivity index (χ4v) is 3.94. The maximum atomic E-state index is 12.3. The second-order valence-electron chi connectivity index (χ2n) is 6.88. The lowest BCUT2D eigenvalue weighted by Crippen LogP contribution is -2.44. The largest absolute Gasteiger partial charge is 0.381 e. The van der Waals surface area contributed by atoms with Crippen molar-refractivity contribution in [2.24, 2.45) is 5.92 Å². The van der Waals surface area contributed by atoms with Gasteiger partial charge in [-0.25, -0.2) is 13.4 Å². The molecule has 0 bridgehead atoms. The Morgan fingerprint density at radius 1 is 1.36 bits per heavy atom. The Hall–Kier alpha value is -1.45. The van der Waals surface area contributed by atoms with E-state index in [0.717, 1.165) is 38.0 Å². The van der Waals surface area contributed by atoms with Gasteiger partial charge in [-0.05, 0) is 18.8 Å². The second-order valence-corrected chi connectivity index (χ2v) is 9.02. The van der Waals surface area contributed by atoms with Gasteiger partial charge in [-0.2, -0.15) is 0 Å². The second kappa shape index (κ2) is 7.84. The minimum absolute atomic E-state index is 0.0467. The van der Waals surface area contributed by atoms with Crippen molar-refractivity contribution in [2.75, 3.05) is 45.0 Å². The van der Waals surface area contributed by atoms with E-state index in [-0.39, 0.29) is 11.9 Å². The van der Waals surface area contributed by atoms with Crippen molar-refractivity contribution < 1.29 is 22.7 Å². The third-order valence-corrected chi connectivity index (χ3v) is 5.44. The molecule has 8 nitrogen and oxygen atoms in total. The average Bonchev–Trinajstić information content (AvgIpc) is 3.03. The van der Waals surface area contributed by atoms with Gasteiger partial charge < -0.3 is 18.9 Å². The van der Waals surface area contributed by atoms with Crippen LogP contribution < -0.4 is 0 Å². The quantitative estimate of drug-likeness (QED) is 0.712. The average molecular weight is 371 g/mol. The molecule has 0 unspecified atom stereocenters. The Morgan fingerprint density at radius 2 is 2.12 bits per heavy atom. The van der Waals surface area contributed by atoms with Gasteiger partial charge in [0, 0.05) is 38.8 Å². The first-order chi connectivity index (χ1) is 11.9. The minimum atomic E-state index is -3.34. The number of sulfone groups is 1. The molecule has 1 atom stereocenters. The number of hydrogen-bond donors (Lipinski definition) is 0. The van der Waals surface area contributed by atoms with E-state index in [1.807, 2.05) is 4.57 Å². The highest BCUT2D eigenvalue weighted by atomic mass is 32.2. The molecular weight excluding hydrogens is 346 g/mol. The van der Waals surface area contributed by atoms with E-state index >= 15 is 0 Å². The molecule has 2 aliphatic heterocycles. The zero-order valence-corrected chi connectivity index (χ0v) is 15.3. The maximum Gasteiger partial charge on any atom is 0.238 e. The number of amides is 1. The first-order valence-electron chi connectivity index (χ1n) is 8.54. The Bertz CT molecular complexity index is 696. The van der Waals surface area contributed by atoms with Gasteiger partial charge in [-0.1, -0.05) is 0 Å². The zero-order valence-electron chi connectivity index (χ0n) is 14.5. The molecule has 3 heterocycles. The molecule has 1 aromatic rings. The molecule has 0 aromatic carbocycles. The van der Waals surface area contributed by atoms with E-state index in [0.29, 0.717) is 32.2 Å². The van der Waals surface area contributed by atoms with Crippen LogP contribution in [0.2, 0.25) is 0 Å². The van der Waals surface area contributed by atoms with Gasteiger partial charge >= 0.3 is 0 Å². The molecule has 1 amide bonds. The topological polar surface area (TPSA) is 90.7 Å². The highest BCUT2D eigenvalue weighted by Gasteiger charge is 2.29. The Kier molecular flexibility index (Phi) is 5.75. The highest BCUT2D eigenvalue weighted by Crippen LogP contribution is 2.22. The lowest BCUT2D eigenvalue weighted by Gasteiger charge is -2.34. The number of ether oxygens (including phenoxy) is 2. The summed E-state index contributed by atoms with van der Waals surface area (Å²) in [7, 11) is -3.34. The van der Waals surface area contributed by atoms with Gasteiger partial charge in [-0.15, -0.1) is 0 Å². The van der Waals surface area contributed by atoms with Crippen molar-refractivity contribution in [1.29, 1.82) is 0 Å². The maximum absolute atomic E-state index is 12.3. The normalized spacial score (nSPS) is 22.0. The van der Waals surface area contributed by atoms with Crippen LogP contribution in [0.15, 0.2) is 12.5 Å². The smallest absolute Gasteiger partial charge is 0.238 e. The van der Waals surface area contributed by atoms with Crippen LogP contribution in [0.4, 0.5) is 0 Å². The van der Waals surface area contributed by atoms with E-state index in [1.165, 1.54) is 0 Å². The van der Waals surface area contributed by atoms with E-state index in [9.17, 15) is 13.2 Å². The summed E-state index contributed by atoms with van der Waals surface area (Å²) < 4.78 is 36.1. The van der Waals surface area contributed by atoms with Crippen LogP contribution >= 0.6 is 0 Å². The predicted molar refractivity (Wildman–Crippen MR) is 90.8 cm³/mol. The van der Waals surface area contributed by atoms with Gasteiger partial charge in [0.2, 0.25) is 5.91 Å². The van der Waals surface area contributed by atoms with E-state index in [4.69, 9.17) is 9.47 Å². The zero-order chi connectivity index (χ0) is 17.9. The lowest BCUT2D eigenvalue weighted by molar-refractivity contribution is -0.130. The minimum Gasteiger partial charge on any atom is -0.381 e. The molecule has 1 fully saturated rings. The molecule has 0 N–H and O–H groups in total. The molecule has 0 radical (unpaired) electrons. The summed E-state index contributed by atoms with van der Waals surface area (Å²) in [4.78, 5) is 18.0. The van der Waals surface area contributed by atoms with E-state index in [1.54, 1.807) is 17.4 Å². The molecule has 3 rings (SSSR count). The number of rotatable bonds is 6. The van der Waals surface area contributed by atoms with Crippen LogP contribution in [0.5, 0.6) is 0 Å².